The third-order valence-corrected chi connectivity index (χ3v) is 3.25. The molecule has 1 heterocycles. The molecular weight excluding hydrogens is 318 g/mol. The third-order valence-electron chi connectivity index (χ3n) is 3.01. The minimum Gasteiger partial charge on any atom is -0.467 e. The van der Waals surface area contributed by atoms with Crippen LogP contribution < -0.4 is 16.4 Å². The maximum Gasteiger partial charge on any atom is 0.258 e. The molecule has 2 aromatic rings. The van der Waals surface area contributed by atoms with Crippen LogP contribution in [0, 0.1) is 0 Å². The van der Waals surface area contributed by atoms with Crippen LogP contribution in [0.4, 0.5) is 5.69 Å². The molecule has 2 rings (SSSR count). The Balaban J connectivity index is 2.25. The number of nitrogens with two attached hydrogens (primary N) is 1. The summed E-state index contributed by atoms with van der Waals surface area (Å²) in [5, 5.41) is 5.86. The Labute approximate surface area is 139 Å². The first-order valence-corrected chi connectivity index (χ1v) is 7.47. The largest absolute Gasteiger partial charge is 0.467 e. The van der Waals surface area contributed by atoms with Crippen LogP contribution in [0.2, 0.25) is 5.02 Å². The van der Waals surface area contributed by atoms with E-state index in [2.05, 4.69) is 10.6 Å². The van der Waals surface area contributed by atoms with Crippen molar-refractivity contribution in [1.29, 1.82) is 0 Å². The summed E-state index contributed by atoms with van der Waals surface area (Å²) in [6, 6.07) is 6.21. The van der Waals surface area contributed by atoms with E-state index in [0.717, 1.165) is 0 Å². The van der Waals surface area contributed by atoms with Gasteiger partial charge in [-0.3, -0.25) is 9.59 Å². The zero-order chi connectivity index (χ0) is 17.0. The second kappa shape index (κ2) is 7.30. The summed E-state index contributed by atoms with van der Waals surface area (Å²) in [7, 11) is 0. The minimum atomic E-state index is -0.408. The topological polar surface area (TPSA) is 97.4 Å². The molecule has 0 saturated heterocycles. The molecule has 0 radical (unpaired) electrons. The summed E-state index contributed by atoms with van der Waals surface area (Å²) in [6.45, 7) is 3.91. The van der Waals surface area contributed by atoms with Gasteiger partial charge in [0, 0.05) is 11.1 Å². The number of nitrogens with one attached hydrogen (secondary N) is 2. The van der Waals surface area contributed by atoms with Crippen molar-refractivity contribution in [2.45, 2.75) is 26.4 Å². The number of rotatable bonds is 5. The summed E-state index contributed by atoms with van der Waals surface area (Å²) in [5.74, 6) is -0.199. The van der Waals surface area contributed by atoms with Gasteiger partial charge in [-0.2, -0.15) is 0 Å². The SMILES string of the molecule is CC(C)NC(=O)c1ccc(Cl)cc1NC(=O)c1coc(CN)c1. The molecule has 4 N–H and O–H groups in total. The maximum absolute atomic E-state index is 12.3. The fourth-order valence-corrected chi connectivity index (χ4v) is 2.13. The number of amides is 2. The lowest BCUT2D eigenvalue weighted by atomic mass is 10.1. The van der Waals surface area contributed by atoms with Gasteiger partial charge in [0.1, 0.15) is 12.0 Å². The van der Waals surface area contributed by atoms with Crippen molar-refractivity contribution in [1.82, 2.24) is 5.32 Å². The van der Waals surface area contributed by atoms with Gasteiger partial charge in [0.25, 0.3) is 11.8 Å². The van der Waals surface area contributed by atoms with Gasteiger partial charge in [-0.1, -0.05) is 11.6 Å². The lowest BCUT2D eigenvalue weighted by molar-refractivity contribution is 0.0944. The van der Waals surface area contributed by atoms with Crippen molar-refractivity contribution in [3.63, 3.8) is 0 Å². The van der Waals surface area contributed by atoms with Crippen molar-refractivity contribution >= 4 is 29.1 Å². The summed E-state index contributed by atoms with van der Waals surface area (Å²) >= 11 is 5.97. The molecule has 23 heavy (non-hydrogen) atoms. The predicted molar refractivity (Wildman–Crippen MR) is 88.6 cm³/mol. The Morgan fingerprint density at radius 1 is 1.26 bits per heavy atom. The molecule has 0 spiro atoms. The molecule has 1 aromatic carbocycles. The molecule has 0 saturated carbocycles. The Morgan fingerprint density at radius 2 is 2.00 bits per heavy atom. The fourth-order valence-electron chi connectivity index (χ4n) is 1.96. The first-order chi connectivity index (χ1) is 10.9. The van der Waals surface area contributed by atoms with Gasteiger partial charge in [0.05, 0.1) is 23.4 Å². The highest BCUT2D eigenvalue weighted by atomic mass is 35.5. The molecule has 0 unspecified atom stereocenters. The van der Waals surface area contributed by atoms with Crippen LogP contribution in [0.3, 0.4) is 0 Å². The zero-order valence-corrected chi connectivity index (χ0v) is 13.6. The molecule has 0 fully saturated rings. The summed E-state index contributed by atoms with van der Waals surface area (Å²) in [6.07, 6.45) is 1.32. The van der Waals surface area contributed by atoms with Crippen molar-refractivity contribution in [3.05, 3.63) is 52.4 Å². The highest BCUT2D eigenvalue weighted by Gasteiger charge is 2.17. The van der Waals surface area contributed by atoms with Crippen LogP contribution in [0.15, 0.2) is 34.9 Å². The molecule has 0 bridgehead atoms. The van der Waals surface area contributed by atoms with Crippen LogP contribution in [0.1, 0.15) is 40.3 Å². The van der Waals surface area contributed by atoms with Crippen molar-refractivity contribution in [2.75, 3.05) is 5.32 Å². The number of hydrogen-bond acceptors (Lipinski definition) is 4. The monoisotopic (exact) mass is 335 g/mol. The zero-order valence-electron chi connectivity index (χ0n) is 12.9. The number of halogens is 1. The highest BCUT2D eigenvalue weighted by molar-refractivity contribution is 6.31. The van der Waals surface area contributed by atoms with Crippen LogP contribution in [0.5, 0.6) is 0 Å². The number of benzene rings is 1. The molecule has 122 valence electrons. The highest BCUT2D eigenvalue weighted by Crippen LogP contribution is 2.22. The third kappa shape index (κ3) is 4.34. The number of furan rings is 1. The molecule has 6 nitrogen and oxygen atoms in total. The minimum absolute atomic E-state index is 0.0253. The van der Waals surface area contributed by atoms with E-state index in [1.165, 1.54) is 12.3 Å². The quantitative estimate of drug-likeness (QED) is 0.782. The van der Waals surface area contributed by atoms with Crippen LogP contribution >= 0.6 is 11.6 Å². The fraction of sp³-hybridized carbons (Fsp3) is 0.250. The normalized spacial score (nSPS) is 10.7. The Hall–Kier alpha value is -2.31. The van der Waals surface area contributed by atoms with E-state index in [4.69, 9.17) is 21.8 Å². The number of anilines is 1. The Kier molecular flexibility index (Phi) is 5.41. The van der Waals surface area contributed by atoms with E-state index in [-0.39, 0.29) is 18.5 Å². The van der Waals surface area contributed by atoms with Gasteiger partial charge < -0.3 is 20.8 Å². The van der Waals surface area contributed by atoms with Gasteiger partial charge in [-0.15, -0.1) is 0 Å². The second-order valence-electron chi connectivity index (χ2n) is 5.28. The molecule has 1 aromatic heterocycles. The Morgan fingerprint density at radius 3 is 2.61 bits per heavy atom. The number of carbonyl (C=O) groups is 2. The van der Waals surface area contributed by atoms with Gasteiger partial charge in [-0.05, 0) is 38.1 Å². The van der Waals surface area contributed by atoms with Crippen molar-refractivity contribution in [2.24, 2.45) is 5.73 Å². The van der Waals surface area contributed by atoms with E-state index in [1.54, 1.807) is 18.2 Å². The number of carbonyl (C=O) groups excluding carboxylic acids is 2. The molecule has 0 aliphatic heterocycles. The standard InChI is InChI=1S/C16H18ClN3O3/c1-9(2)19-16(22)13-4-3-11(17)6-14(13)20-15(21)10-5-12(7-18)23-8-10/h3-6,8-9H,7,18H2,1-2H3,(H,19,22)(H,20,21). The van der Waals surface area contributed by atoms with E-state index < -0.39 is 5.91 Å². The molecule has 0 aliphatic carbocycles. The van der Waals surface area contributed by atoms with Gasteiger partial charge >= 0.3 is 0 Å². The van der Waals surface area contributed by atoms with E-state index >= 15 is 0 Å². The summed E-state index contributed by atoms with van der Waals surface area (Å²) < 4.78 is 5.14. The molecular formula is C16H18ClN3O3. The lowest BCUT2D eigenvalue weighted by Gasteiger charge is -2.13. The van der Waals surface area contributed by atoms with E-state index in [1.807, 2.05) is 13.8 Å². The molecule has 2 amide bonds. The van der Waals surface area contributed by atoms with Crippen LogP contribution in [0.25, 0.3) is 0 Å². The average molecular weight is 336 g/mol. The first-order valence-electron chi connectivity index (χ1n) is 7.10. The molecule has 0 atom stereocenters. The van der Waals surface area contributed by atoms with Gasteiger partial charge in [-0.25, -0.2) is 0 Å². The summed E-state index contributed by atoms with van der Waals surface area (Å²) in [4.78, 5) is 24.5. The molecule has 7 heteroatoms. The first kappa shape index (κ1) is 17.1. The van der Waals surface area contributed by atoms with Crippen LogP contribution in [-0.4, -0.2) is 17.9 Å². The van der Waals surface area contributed by atoms with Gasteiger partial charge in [0.15, 0.2) is 0 Å². The second-order valence-corrected chi connectivity index (χ2v) is 5.71. The smallest absolute Gasteiger partial charge is 0.258 e. The van der Waals surface area contributed by atoms with Crippen LogP contribution in [-0.2, 0) is 6.54 Å². The predicted octanol–water partition coefficient (Wildman–Crippen LogP) is 2.78. The molecule has 0 aliphatic rings. The van der Waals surface area contributed by atoms with Crippen molar-refractivity contribution < 1.29 is 14.0 Å². The number of hydrogen-bond donors (Lipinski definition) is 3. The lowest BCUT2D eigenvalue weighted by Crippen LogP contribution is -2.31. The van der Waals surface area contributed by atoms with Gasteiger partial charge in [0.2, 0.25) is 0 Å². The van der Waals surface area contributed by atoms with E-state index in [0.29, 0.717) is 27.6 Å². The Bertz CT molecular complexity index is 725. The maximum atomic E-state index is 12.3. The summed E-state index contributed by atoms with van der Waals surface area (Å²) in [5.41, 5.74) is 6.43. The average Bonchev–Trinajstić information content (AvgIpc) is 2.95. The van der Waals surface area contributed by atoms with Crippen molar-refractivity contribution in [3.8, 4) is 0 Å². The van der Waals surface area contributed by atoms with E-state index in [9.17, 15) is 9.59 Å².